The smallest absolute Gasteiger partial charge is 0.259 e. The zero-order valence-corrected chi connectivity index (χ0v) is 14.7. The van der Waals surface area contributed by atoms with Crippen LogP contribution in [0.5, 0.6) is 0 Å². The van der Waals surface area contributed by atoms with Crippen molar-refractivity contribution in [2.24, 2.45) is 5.41 Å². The van der Waals surface area contributed by atoms with E-state index in [1.807, 2.05) is 0 Å². The molecule has 21 heavy (non-hydrogen) atoms. The summed E-state index contributed by atoms with van der Waals surface area (Å²) in [5.41, 5.74) is 0.199. The van der Waals surface area contributed by atoms with Gasteiger partial charge >= 0.3 is 0 Å². The SMILES string of the molecule is CCC(C)(CC)C(C)OCCOCCOC(C)O[SH](=O)=O. The average Bonchev–Trinajstić information content (AvgIpc) is 2.44. The predicted molar refractivity (Wildman–Crippen MR) is 81.7 cm³/mol. The van der Waals surface area contributed by atoms with E-state index in [0.717, 1.165) is 12.8 Å². The molecule has 128 valence electrons. The third kappa shape index (κ3) is 9.42. The normalized spacial score (nSPS) is 15.3. The Morgan fingerprint density at radius 2 is 1.48 bits per heavy atom. The molecule has 6 nitrogen and oxygen atoms in total. The van der Waals surface area contributed by atoms with E-state index in [-0.39, 0.29) is 18.1 Å². The van der Waals surface area contributed by atoms with Crippen molar-refractivity contribution < 1.29 is 26.8 Å². The molecule has 0 rings (SSSR count). The van der Waals surface area contributed by atoms with E-state index in [2.05, 4.69) is 31.9 Å². The molecule has 0 aliphatic rings. The molecule has 0 bridgehead atoms. The van der Waals surface area contributed by atoms with Crippen LogP contribution in [0.15, 0.2) is 0 Å². The Hall–Kier alpha value is -0.210. The summed E-state index contributed by atoms with van der Waals surface area (Å²) >= 11 is 0. The Balaban J connectivity index is 3.60. The van der Waals surface area contributed by atoms with Crippen molar-refractivity contribution in [2.75, 3.05) is 26.4 Å². The fourth-order valence-electron chi connectivity index (χ4n) is 1.84. The molecule has 0 radical (unpaired) electrons. The second-order valence-corrected chi connectivity index (χ2v) is 5.91. The van der Waals surface area contributed by atoms with Crippen LogP contribution in [0.4, 0.5) is 0 Å². The molecule has 0 amide bonds. The van der Waals surface area contributed by atoms with Crippen LogP contribution in [0.2, 0.25) is 0 Å². The van der Waals surface area contributed by atoms with E-state index < -0.39 is 17.3 Å². The van der Waals surface area contributed by atoms with E-state index in [4.69, 9.17) is 14.2 Å². The highest BCUT2D eigenvalue weighted by Gasteiger charge is 2.27. The summed E-state index contributed by atoms with van der Waals surface area (Å²) < 4.78 is 41.2. The summed E-state index contributed by atoms with van der Waals surface area (Å²) in [6.45, 7) is 11.9. The van der Waals surface area contributed by atoms with Gasteiger partial charge in [0.25, 0.3) is 11.0 Å². The minimum Gasteiger partial charge on any atom is -0.377 e. The van der Waals surface area contributed by atoms with Crippen molar-refractivity contribution in [1.29, 1.82) is 0 Å². The van der Waals surface area contributed by atoms with E-state index in [9.17, 15) is 8.42 Å². The third-order valence-corrected chi connectivity index (χ3v) is 4.48. The second kappa shape index (κ2) is 11.4. The predicted octanol–water partition coefficient (Wildman–Crippen LogP) is 2.14. The number of thiol groups is 1. The molecule has 0 heterocycles. The first-order chi connectivity index (χ1) is 9.85. The minimum atomic E-state index is -2.88. The maximum Gasteiger partial charge on any atom is 0.259 e. The molecule has 2 unspecified atom stereocenters. The second-order valence-electron chi connectivity index (χ2n) is 5.25. The molecule has 0 aliphatic carbocycles. The van der Waals surface area contributed by atoms with Gasteiger partial charge in [-0.3, -0.25) is 0 Å². The van der Waals surface area contributed by atoms with Crippen molar-refractivity contribution in [3.05, 3.63) is 0 Å². The van der Waals surface area contributed by atoms with Crippen molar-refractivity contribution in [3.8, 4) is 0 Å². The third-order valence-electron chi connectivity index (χ3n) is 4.01. The highest BCUT2D eigenvalue weighted by molar-refractivity contribution is 7.67. The molecule has 0 aliphatic heterocycles. The molecule has 0 fully saturated rings. The topological polar surface area (TPSA) is 71.1 Å². The van der Waals surface area contributed by atoms with Crippen molar-refractivity contribution in [1.82, 2.24) is 0 Å². The lowest BCUT2D eigenvalue weighted by Gasteiger charge is -2.33. The summed E-state index contributed by atoms with van der Waals surface area (Å²) in [4.78, 5) is 0. The lowest BCUT2D eigenvalue weighted by atomic mass is 9.80. The number of hydrogen-bond acceptors (Lipinski definition) is 6. The zero-order chi connectivity index (χ0) is 16.3. The van der Waals surface area contributed by atoms with Crippen LogP contribution in [0.3, 0.4) is 0 Å². The van der Waals surface area contributed by atoms with Gasteiger partial charge in [0.15, 0.2) is 6.29 Å². The number of ether oxygens (including phenoxy) is 3. The first-order valence-electron chi connectivity index (χ1n) is 7.47. The summed E-state index contributed by atoms with van der Waals surface area (Å²) in [6, 6.07) is 0. The fourth-order valence-corrected chi connectivity index (χ4v) is 2.14. The highest BCUT2D eigenvalue weighted by atomic mass is 32.2. The van der Waals surface area contributed by atoms with E-state index in [0.29, 0.717) is 19.8 Å². The van der Waals surface area contributed by atoms with Crippen LogP contribution < -0.4 is 0 Å². The van der Waals surface area contributed by atoms with Gasteiger partial charge in [-0.1, -0.05) is 20.8 Å². The first kappa shape index (κ1) is 20.8. The molecule has 0 aromatic carbocycles. The number of rotatable bonds is 13. The van der Waals surface area contributed by atoms with Gasteiger partial charge in [0.05, 0.1) is 32.5 Å². The Kier molecular flexibility index (Phi) is 11.3. The standard InChI is InChI=1S/C14H30O6S/c1-6-14(5,7-2)12(3)18-10-8-17-9-11-19-13(4)20-21(15)16/h12-13,21H,6-11H2,1-5H3. The lowest BCUT2D eigenvalue weighted by Crippen LogP contribution is -2.32. The van der Waals surface area contributed by atoms with Gasteiger partial charge < -0.3 is 14.2 Å². The van der Waals surface area contributed by atoms with Gasteiger partial charge in [-0.25, -0.2) is 12.6 Å². The summed E-state index contributed by atoms with van der Waals surface area (Å²) in [6.07, 6.45) is 1.58. The monoisotopic (exact) mass is 326 g/mol. The van der Waals surface area contributed by atoms with Crippen molar-refractivity contribution in [2.45, 2.75) is 59.9 Å². The Morgan fingerprint density at radius 1 is 0.952 bits per heavy atom. The first-order valence-corrected chi connectivity index (χ1v) is 8.57. The van der Waals surface area contributed by atoms with E-state index in [1.54, 1.807) is 0 Å². The molecule has 0 aromatic rings. The van der Waals surface area contributed by atoms with E-state index >= 15 is 0 Å². The largest absolute Gasteiger partial charge is 0.377 e. The van der Waals surface area contributed by atoms with Crippen LogP contribution in [-0.2, 0) is 29.4 Å². The summed E-state index contributed by atoms with van der Waals surface area (Å²) in [5.74, 6) is 0. The highest BCUT2D eigenvalue weighted by Crippen LogP contribution is 2.31. The molecule has 0 aromatic heterocycles. The Morgan fingerprint density at radius 3 is 1.95 bits per heavy atom. The average molecular weight is 326 g/mol. The van der Waals surface area contributed by atoms with Gasteiger partial charge in [-0.2, -0.15) is 0 Å². The van der Waals surface area contributed by atoms with Gasteiger partial charge in [0.1, 0.15) is 0 Å². The van der Waals surface area contributed by atoms with Gasteiger partial charge in [-0.15, -0.1) is 0 Å². The van der Waals surface area contributed by atoms with Gasteiger partial charge in [0, 0.05) is 0 Å². The van der Waals surface area contributed by atoms with Crippen LogP contribution in [0.1, 0.15) is 47.5 Å². The molecule has 0 saturated carbocycles. The van der Waals surface area contributed by atoms with E-state index in [1.165, 1.54) is 6.92 Å². The maximum atomic E-state index is 10.3. The van der Waals surface area contributed by atoms with Crippen LogP contribution >= 0.6 is 0 Å². The molecule has 0 spiro atoms. The van der Waals surface area contributed by atoms with Gasteiger partial charge in [0.2, 0.25) is 0 Å². The van der Waals surface area contributed by atoms with Gasteiger partial charge in [-0.05, 0) is 32.1 Å². The Labute approximate surface area is 130 Å². The summed E-state index contributed by atoms with van der Waals surface area (Å²) in [5, 5.41) is 0. The van der Waals surface area contributed by atoms with Crippen molar-refractivity contribution >= 4 is 11.0 Å². The van der Waals surface area contributed by atoms with Crippen LogP contribution in [0, 0.1) is 5.41 Å². The molecule has 7 heteroatoms. The van der Waals surface area contributed by atoms with Crippen LogP contribution in [0.25, 0.3) is 0 Å². The number of hydrogen-bond donors (Lipinski definition) is 1. The lowest BCUT2D eigenvalue weighted by molar-refractivity contribution is -0.0879. The maximum absolute atomic E-state index is 10.3. The minimum absolute atomic E-state index is 0.189. The quantitative estimate of drug-likeness (QED) is 0.318. The fraction of sp³-hybridized carbons (Fsp3) is 1.00. The molecule has 2 atom stereocenters. The zero-order valence-electron chi connectivity index (χ0n) is 13.8. The molecular weight excluding hydrogens is 296 g/mol. The molecule has 0 saturated heterocycles. The van der Waals surface area contributed by atoms with Crippen molar-refractivity contribution in [3.63, 3.8) is 0 Å². The van der Waals surface area contributed by atoms with Crippen LogP contribution in [-0.4, -0.2) is 47.2 Å². The molecule has 0 N–H and O–H groups in total. The Bertz CT molecular complexity index is 319. The molecular formula is C14H30O6S. The summed E-state index contributed by atoms with van der Waals surface area (Å²) in [7, 11) is -2.88.